The molecule has 0 radical (unpaired) electrons. The van der Waals surface area contributed by atoms with E-state index in [1.807, 2.05) is 16.7 Å². The van der Waals surface area contributed by atoms with Gasteiger partial charge in [0.05, 0.1) is 0 Å². The van der Waals surface area contributed by atoms with Crippen molar-refractivity contribution in [3.63, 3.8) is 0 Å². The maximum Gasteiger partial charge on any atom is 0.320 e. The zero-order chi connectivity index (χ0) is 14.4. The molecule has 0 saturated carbocycles. The second kappa shape index (κ2) is 7.45. The zero-order valence-corrected chi connectivity index (χ0v) is 11.8. The maximum atomic E-state index is 12.1. The van der Waals surface area contributed by atoms with Gasteiger partial charge in [-0.15, -0.1) is 0 Å². The number of rotatable bonds is 6. The molecule has 1 saturated heterocycles. The molecule has 0 aliphatic carbocycles. The summed E-state index contributed by atoms with van der Waals surface area (Å²) >= 11 is 0. The van der Waals surface area contributed by atoms with E-state index in [9.17, 15) is 9.59 Å². The van der Waals surface area contributed by atoms with Gasteiger partial charge in [-0.25, -0.2) is 0 Å². The van der Waals surface area contributed by atoms with E-state index in [4.69, 9.17) is 10.8 Å². The highest BCUT2D eigenvalue weighted by Crippen LogP contribution is 2.12. The highest BCUT2D eigenvalue weighted by Gasteiger charge is 2.27. The summed E-state index contributed by atoms with van der Waals surface area (Å²) in [7, 11) is 0. The van der Waals surface area contributed by atoms with Crippen molar-refractivity contribution in [3.05, 3.63) is 0 Å². The maximum absolute atomic E-state index is 12.1. The van der Waals surface area contributed by atoms with Gasteiger partial charge in [0.2, 0.25) is 5.91 Å². The Balaban J connectivity index is 2.41. The first-order valence-electron chi connectivity index (χ1n) is 6.94. The smallest absolute Gasteiger partial charge is 0.320 e. The van der Waals surface area contributed by atoms with E-state index < -0.39 is 12.0 Å². The molecule has 1 fully saturated rings. The van der Waals surface area contributed by atoms with Crippen molar-refractivity contribution in [3.8, 4) is 0 Å². The van der Waals surface area contributed by atoms with Gasteiger partial charge >= 0.3 is 5.97 Å². The molecular formula is C13H25N3O3. The molecule has 6 heteroatoms. The van der Waals surface area contributed by atoms with Gasteiger partial charge in [0, 0.05) is 32.6 Å². The molecule has 110 valence electrons. The number of carbonyl (C=O) groups is 2. The fourth-order valence-corrected chi connectivity index (χ4v) is 2.29. The van der Waals surface area contributed by atoms with Gasteiger partial charge in [-0.05, 0) is 19.4 Å². The van der Waals surface area contributed by atoms with Crippen LogP contribution in [0.3, 0.4) is 0 Å². The summed E-state index contributed by atoms with van der Waals surface area (Å²) < 4.78 is 0. The van der Waals surface area contributed by atoms with Crippen LogP contribution in [-0.2, 0) is 9.59 Å². The van der Waals surface area contributed by atoms with Gasteiger partial charge in [-0.1, -0.05) is 13.3 Å². The first-order chi connectivity index (χ1) is 8.99. The molecule has 19 heavy (non-hydrogen) atoms. The van der Waals surface area contributed by atoms with Gasteiger partial charge in [0.25, 0.3) is 0 Å². The van der Waals surface area contributed by atoms with Gasteiger partial charge in [0.1, 0.15) is 6.04 Å². The lowest BCUT2D eigenvalue weighted by Crippen LogP contribution is -2.53. The molecule has 1 amide bonds. The fourth-order valence-electron chi connectivity index (χ4n) is 2.29. The Morgan fingerprint density at radius 2 is 1.84 bits per heavy atom. The van der Waals surface area contributed by atoms with Gasteiger partial charge < -0.3 is 15.7 Å². The molecule has 0 aromatic carbocycles. The molecule has 3 N–H and O–H groups in total. The van der Waals surface area contributed by atoms with E-state index in [1.165, 1.54) is 0 Å². The van der Waals surface area contributed by atoms with Crippen molar-refractivity contribution in [2.24, 2.45) is 11.7 Å². The van der Waals surface area contributed by atoms with Crippen molar-refractivity contribution in [1.82, 2.24) is 9.80 Å². The molecule has 1 rings (SSSR count). The van der Waals surface area contributed by atoms with Crippen molar-refractivity contribution in [1.29, 1.82) is 0 Å². The number of amides is 1. The van der Waals surface area contributed by atoms with Crippen LogP contribution >= 0.6 is 0 Å². The number of nitrogens with zero attached hydrogens (tertiary/aromatic N) is 2. The summed E-state index contributed by atoms with van der Waals surface area (Å²) in [6.07, 6.45) is 1.42. The molecule has 0 bridgehead atoms. The van der Waals surface area contributed by atoms with E-state index >= 15 is 0 Å². The summed E-state index contributed by atoms with van der Waals surface area (Å²) in [5, 5.41) is 8.96. The van der Waals surface area contributed by atoms with Crippen LogP contribution in [-0.4, -0.2) is 65.5 Å². The minimum atomic E-state index is -0.811. The third-order valence-corrected chi connectivity index (χ3v) is 3.95. The zero-order valence-electron chi connectivity index (χ0n) is 11.8. The first-order valence-corrected chi connectivity index (χ1v) is 6.94. The van der Waals surface area contributed by atoms with E-state index in [0.29, 0.717) is 39.1 Å². The molecular weight excluding hydrogens is 246 g/mol. The molecule has 0 aromatic rings. The fraction of sp³-hybridized carbons (Fsp3) is 0.846. The third kappa shape index (κ3) is 4.47. The van der Waals surface area contributed by atoms with Crippen molar-refractivity contribution < 1.29 is 14.7 Å². The topological polar surface area (TPSA) is 86.9 Å². The average Bonchev–Trinajstić information content (AvgIpc) is 2.43. The molecule has 0 aromatic heterocycles. The van der Waals surface area contributed by atoms with Crippen molar-refractivity contribution in [2.75, 3.05) is 32.7 Å². The summed E-state index contributed by atoms with van der Waals surface area (Å²) in [5.74, 6) is -0.419. The van der Waals surface area contributed by atoms with E-state index in [-0.39, 0.29) is 11.8 Å². The second-order valence-electron chi connectivity index (χ2n) is 5.15. The predicted octanol–water partition coefficient (Wildman–Crippen LogP) is -0.0213. The van der Waals surface area contributed by atoms with E-state index in [1.54, 1.807) is 6.92 Å². The van der Waals surface area contributed by atoms with Crippen LogP contribution in [0.15, 0.2) is 0 Å². The second-order valence-corrected chi connectivity index (χ2v) is 5.15. The molecule has 2 atom stereocenters. The normalized spacial score (nSPS) is 20.1. The minimum absolute atomic E-state index is 0.139. The largest absolute Gasteiger partial charge is 0.480 e. The number of hydrogen-bond acceptors (Lipinski definition) is 4. The van der Waals surface area contributed by atoms with Crippen LogP contribution in [0, 0.1) is 5.92 Å². The van der Waals surface area contributed by atoms with Gasteiger partial charge in [-0.3, -0.25) is 14.5 Å². The lowest BCUT2D eigenvalue weighted by Gasteiger charge is -2.37. The number of hydrogen-bond donors (Lipinski definition) is 2. The lowest BCUT2D eigenvalue weighted by molar-refractivity contribution is -0.144. The van der Waals surface area contributed by atoms with Gasteiger partial charge in [0.15, 0.2) is 0 Å². The van der Waals surface area contributed by atoms with Crippen LogP contribution in [0.2, 0.25) is 0 Å². The van der Waals surface area contributed by atoms with Crippen molar-refractivity contribution >= 4 is 11.9 Å². The van der Waals surface area contributed by atoms with Crippen LogP contribution in [0.25, 0.3) is 0 Å². The highest BCUT2D eigenvalue weighted by atomic mass is 16.4. The average molecular weight is 271 g/mol. The Morgan fingerprint density at radius 3 is 2.26 bits per heavy atom. The Kier molecular flexibility index (Phi) is 6.24. The van der Waals surface area contributed by atoms with E-state index in [0.717, 1.165) is 6.42 Å². The predicted molar refractivity (Wildman–Crippen MR) is 72.7 cm³/mol. The molecule has 0 spiro atoms. The number of carboxylic acid groups (broad SMARTS) is 1. The summed E-state index contributed by atoms with van der Waals surface area (Å²) in [4.78, 5) is 26.7. The molecule has 1 aliphatic heterocycles. The van der Waals surface area contributed by atoms with Gasteiger partial charge in [-0.2, -0.15) is 0 Å². The Bertz CT molecular complexity index is 310. The molecule has 2 unspecified atom stereocenters. The minimum Gasteiger partial charge on any atom is -0.480 e. The lowest BCUT2D eigenvalue weighted by atomic mass is 10.0. The Labute approximate surface area is 114 Å². The Morgan fingerprint density at radius 1 is 1.26 bits per heavy atom. The van der Waals surface area contributed by atoms with E-state index in [2.05, 4.69) is 0 Å². The Hall–Kier alpha value is -1.14. The van der Waals surface area contributed by atoms with Crippen LogP contribution in [0.1, 0.15) is 26.7 Å². The van der Waals surface area contributed by atoms with Crippen LogP contribution in [0.5, 0.6) is 0 Å². The highest BCUT2D eigenvalue weighted by molar-refractivity contribution is 5.76. The monoisotopic (exact) mass is 271 g/mol. The molecule has 1 heterocycles. The SMILES string of the molecule is CCC(CN)CC(=O)N1CCN(C(C)C(=O)O)CC1. The molecule has 1 aliphatic rings. The number of carbonyl (C=O) groups excluding carboxylic acids is 1. The summed E-state index contributed by atoms with van der Waals surface area (Å²) in [6, 6.07) is -0.482. The number of nitrogens with two attached hydrogens (primary N) is 1. The summed E-state index contributed by atoms with van der Waals surface area (Å²) in [5.41, 5.74) is 5.61. The van der Waals surface area contributed by atoms with Crippen molar-refractivity contribution in [2.45, 2.75) is 32.7 Å². The number of carboxylic acids is 1. The summed E-state index contributed by atoms with van der Waals surface area (Å²) in [6.45, 7) is 6.73. The first kappa shape index (κ1) is 15.9. The van der Waals surface area contributed by atoms with Crippen LogP contribution in [0.4, 0.5) is 0 Å². The standard InChI is InChI=1S/C13H25N3O3/c1-3-11(9-14)8-12(17)16-6-4-15(5-7-16)10(2)13(18)19/h10-11H,3-9,14H2,1-2H3,(H,18,19). The molecule has 6 nitrogen and oxygen atoms in total. The third-order valence-electron chi connectivity index (χ3n) is 3.95. The number of aliphatic carboxylic acids is 1. The van der Waals surface area contributed by atoms with Crippen LogP contribution < -0.4 is 5.73 Å². The quantitative estimate of drug-likeness (QED) is 0.709. The number of piperazine rings is 1.